The SMILES string of the molecule is COc1ccc([C@H](C2CC2)N2CCNCC2)cc1.Cl.Cl. The summed E-state index contributed by atoms with van der Waals surface area (Å²) in [7, 11) is 1.73. The van der Waals surface area contributed by atoms with Crippen LogP contribution in [0.2, 0.25) is 0 Å². The summed E-state index contributed by atoms with van der Waals surface area (Å²) in [5.41, 5.74) is 1.46. The van der Waals surface area contributed by atoms with E-state index < -0.39 is 0 Å². The Kier molecular flexibility index (Phi) is 7.10. The molecular weight excluding hydrogens is 295 g/mol. The molecule has 0 amide bonds. The minimum atomic E-state index is 0. The highest BCUT2D eigenvalue weighted by molar-refractivity contribution is 5.85. The number of rotatable bonds is 4. The average molecular weight is 319 g/mol. The molecule has 1 aromatic rings. The number of methoxy groups -OCH3 is 1. The molecule has 1 saturated carbocycles. The summed E-state index contributed by atoms with van der Waals surface area (Å²) in [4.78, 5) is 2.65. The number of halogens is 2. The molecule has 0 spiro atoms. The predicted molar refractivity (Wildman–Crippen MR) is 87.4 cm³/mol. The number of piperazine rings is 1. The molecule has 3 nitrogen and oxygen atoms in total. The normalized spacial score (nSPS) is 20.4. The number of nitrogens with zero attached hydrogens (tertiary/aromatic N) is 1. The van der Waals surface area contributed by atoms with Gasteiger partial charge in [-0.1, -0.05) is 12.1 Å². The molecule has 1 heterocycles. The van der Waals surface area contributed by atoms with Gasteiger partial charge in [0.1, 0.15) is 5.75 Å². The third kappa shape index (κ3) is 4.01. The predicted octanol–water partition coefficient (Wildman–Crippen LogP) is 2.90. The Morgan fingerprint density at radius 3 is 2.20 bits per heavy atom. The van der Waals surface area contributed by atoms with Gasteiger partial charge in [-0.3, -0.25) is 4.90 Å². The van der Waals surface area contributed by atoms with Gasteiger partial charge in [0.2, 0.25) is 0 Å². The van der Waals surface area contributed by atoms with Crippen molar-refractivity contribution >= 4 is 24.8 Å². The maximum absolute atomic E-state index is 5.25. The van der Waals surface area contributed by atoms with Crippen molar-refractivity contribution in [3.05, 3.63) is 29.8 Å². The first kappa shape index (κ1) is 17.6. The van der Waals surface area contributed by atoms with Crippen molar-refractivity contribution in [2.24, 2.45) is 5.92 Å². The van der Waals surface area contributed by atoms with Gasteiger partial charge in [-0.25, -0.2) is 0 Å². The van der Waals surface area contributed by atoms with Crippen LogP contribution < -0.4 is 10.1 Å². The molecule has 1 aliphatic heterocycles. The van der Waals surface area contributed by atoms with Crippen LogP contribution in [0.5, 0.6) is 5.75 Å². The highest BCUT2D eigenvalue weighted by Crippen LogP contribution is 2.44. The van der Waals surface area contributed by atoms with Gasteiger partial charge in [-0.05, 0) is 36.5 Å². The maximum atomic E-state index is 5.25. The first-order chi connectivity index (χ1) is 8.88. The van der Waals surface area contributed by atoms with Crippen LogP contribution in [0.4, 0.5) is 0 Å². The molecule has 1 saturated heterocycles. The fourth-order valence-corrected chi connectivity index (χ4v) is 2.95. The van der Waals surface area contributed by atoms with Gasteiger partial charge in [0.15, 0.2) is 0 Å². The van der Waals surface area contributed by atoms with E-state index in [2.05, 4.69) is 34.5 Å². The Hall–Kier alpha value is -0.480. The van der Waals surface area contributed by atoms with Gasteiger partial charge in [0.25, 0.3) is 0 Å². The average Bonchev–Trinajstić information content (AvgIpc) is 3.26. The second kappa shape index (κ2) is 8.08. The lowest BCUT2D eigenvalue weighted by atomic mass is 9.99. The van der Waals surface area contributed by atoms with Crippen molar-refractivity contribution in [2.45, 2.75) is 18.9 Å². The van der Waals surface area contributed by atoms with E-state index in [1.54, 1.807) is 7.11 Å². The van der Waals surface area contributed by atoms with Crippen LogP contribution in [0.3, 0.4) is 0 Å². The van der Waals surface area contributed by atoms with E-state index in [1.165, 1.54) is 31.5 Å². The quantitative estimate of drug-likeness (QED) is 0.923. The topological polar surface area (TPSA) is 24.5 Å². The van der Waals surface area contributed by atoms with E-state index in [-0.39, 0.29) is 24.8 Å². The van der Waals surface area contributed by atoms with Gasteiger partial charge in [-0.15, -0.1) is 24.8 Å². The molecule has 0 bridgehead atoms. The molecule has 5 heteroatoms. The van der Waals surface area contributed by atoms with Crippen LogP contribution in [-0.4, -0.2) is 38.2 Å². The maximum Gasteiger partial charge on any atom is 0.118 e. The molecule has 0 radical (unpaired) electrons. The summed E-state index contributed by atoms with van der Waals surface area (Å²) in [5.74, 6) is 1.82. The number of hydrogen-bond donors (Lipinski definition) is 1. The standard InChI is InChI=1S/C15H22N2O.2ClH/c1-18-14-6-4-13(5-7-14)15(12-2-3-12)17-10-8-16-9-11-17;;/h4-7,12,15-16H,2-3,8-11H2,1H3;2*1H/t15-;;/m0../s1. The zero-order valence-electron chi connectivity index (χ0n) is 11.9. The van der Waals surface area contributed by atoms with Gasteiger partial charge < -0.3 is 10.1 Å². The Morgan fingerprint density at radius 1 is 1.10 bits per heavy atom. The van der Waals surface area contributed by atoms with Crippen LogP contribution in [0.15, 0.2) is 24.3 Å². The van der Waals surface area contributed by atoms with Crippen molar-refractivity contribution in [1.29, 1.82) is 0 Å². The summed E-state index contributed by atoms with van der Waals surface area (Å²) < 4.78 is 5.25. The minimum Gasteiger partial charge on any atom is -0.497 e. The van der Waals surface area contributed by atoms with Crippen molar-refractivity contribution in [3.8, 4) is 5.75 Å². The third-order valence-corrected chi connectivity index (χ3v) is 4.07. The Morgan fingerprint density at radius 2 is 1.70 bits per heavy atom. The third-order valence-electron chi connectivity index (χ3n) is 4.07. The Bertz CT molecular complexity index is 389. The highest BCUT2D eigenvalue weighted by Gasteiger charge is 2.36. The van der Waals surface area contributed by atoms with Crippen LogP contribution in [-0.2, 0) is 0 Å². The lowest BCUT2D eigenvalue weighted by Gasteiger charge is -2.35. The molecule has 1 N–H and O–H groups in total. The highest BCUT2D eigenvalue weighted by atomic mass is 35.5. The second-order valence-electron chi connectivity index (χ2n) is 5.34. The molecule has 2 fully saturated rings. The molecule has 1 aliphatic carbocycles. The number of hydrogen-bond acceptors (Lipinski definition) is 3. The van der Waals surface area contributed by atoms with Gasteiger partial charge in [-0.2, -0.15) is 0 Å². The molecule has 0 unspecified atom stereocenters. The van der Waals surface area contributed by atoms with Crippen LogP contribution >= 0.6 is 24.8 Å². The molecule has 20 heavy (non-hydrogen) atoms. The smallest absolute Gasteiger partial charge is 0.118 e. The van der Waals surface area contributed by atoms with E-state index in [0.29, 0.717) is 6.04 Å². The van der Waals surface area contributed by atoms with E-state index in [1.807, 2.05) is 0 Å². The zero-order chi connectivity index (χ0) is 12.4. The number of ether oxygens (including phenoxy) is 1. The number of benzene rings is 1. The summed E-state index contributed by atoms with van der Waals surface area (Å²) in [6.07, 6.45) is 2.78. The van der Waals surface area contributed by atoms with Gasteiger partial charge in [0.05, 0.1) is 7.11 Å². The lowest BCUT2D eigenvalue weighted by molar-refractivity contribution is 0.156. The Labute approximate surface area is 133 Å². The lowest BCUT2D eigenvalue weighted by Crippen LogP contribution is -2.45. The monoisotopic (exact) mass is 318 g/mol. The van der Waals surface area contributed by atoms with Crippen LogP contribution in [0.1, 0.15) is 24.4 Å². The van der Waals surface area contributed by atoms with Crippen molar-refractivity contribution in [3.63, 3.8) is 0 Å². The fourth-order valence-electron chi connectivity index (χ4n) is 2.95. The summed E-state index contributed by atoms with van der Waals surface area (Å²) in [6.45, 7) is 4.60. The van der Waals surface area contributed by atoms with Crippen LogP contribution in [0, 0.1) is 5.92 Å². The Balaban J connectivity index is 0.000001000. The summed E-state index contributed by atoms with van der Waals surface area (Å²) >= 11 is 0. The molecule has 3 rings (SSSR count). The molecule has 1 atom stereocenters. The van der Waals surface area contributed by atoms with Crippen LogP contribution in [0.25, 0.3) is 0 Å². The van der Waals surface area contributed by atoms with E-state index >= 15 is 0 Å². The first-order valence-electron chi connectivity index (χ1n) is 6.97. The molecule has 2 aliphatic rings. The zero-order valence-corrected chi connectivity index (χ0v) is 13.5. The summed E-state index contributed by atoms with van der Waals surface area (Å²) in [5, 5.41) is 3.44. The van der Waals surface area contributed by atoms with Gasteiger partial charge in [0, 0.05) is 32.2 Å². The molecular formula is C15H24Cl2N2O. The van der Waals surface area contributed by atoms with Gasteiger partial charge >= 0.3 is 0 Å². The second-order valence-corrected chi connectivity index (χ2v) is 5.34. The van der Waals surface area contributed by atoms with Crippen molar-refractivity contribution < 1.29 is 4.74 Å². The fraction of sp³-hybridized carbons (Fsp3) is 0.600. The molecule has 114 valence electrons. The van der Waals surface area contributed by atoms with Crippen molar-refractivity contribution in [1.82, 2.24) is 10.2 Å². The summed E-state index contributed by atoms with van der Waals surface area (Å²) in [6, 6.07) is 9.28. The van der Waals surface area contributed by atoms with E-state index in [0.717, 1.165) is 24.8 Å². The molecule has 0 aromatic heterocycles. The van der Waals surface area contributed by atoms with Crippen molar-refractivity contribution in [2.75, 3.05) is 33.3 Å². The first-order valence-corrected chi connectivity index (χ1v) is 6.97. The minimum absolute atomic E-state index is 0. The number of nitrogens with one attached hydrogen (secondary N) is 1. The largest absolute Gasteiger partial charge is 0.497 e. The van der Waals surface area contributed by atoms with E-state index in [9.17, 15) is 0 Å². The van der Waals surface area contributed by atoms with E-state index in [4.69, 9.17) is 4.74 Å². The molecule has 1 aromatic carbocycles.